The topological polar surface area (TPSA) is 280 Å². The molecule has 0 aliphatic rings. The smallest absolute Gasteiger partial charge is 0.192 e. The molecule has 12 N–H and O–H groups in total. The lowest BCUT2D eigenvalue weighted by molar-refractivity contribution is 0.0786. The molecule has 13 rings (SSSR count). The largest absolute Gasteiger partial charge is 0.413 e. The Morgan fingerprint density at radius 3 is 1.24 bits per heavy atom. The molecule has 0 saturated heterocycles. The lowest BCUT2D eigenvalue weighted by Crippen LogP contribution is -2.40. The van der Waals surface area contributed by atoms with Gasteiger partial charge in [-0.3, -0.25) is 4.40 Å². The van der Waals surface area contributed by atoms with Crippen LogP contribution in [0.4, 0.5) is 42.3 Å². The summed E-state index contributed by atoms with van der Waals surface area (Å²) in [5.74, 6) is 0.897. The number of nitrogens with zero attached hydrogens (tertiary/aromatic N) is 7. The van der Waals surface area contributed by atoms with Crippen LogP contribution in [0.15, 0.2) is 242 Å². The summed E-state index contributed by atoms with van der Waals surface area (Å²) >= 11 is 15.6. The van der Waals surface area contributed by atoms with Gasteiger partial charge in [0.25, 0.3) is 0 Å². The fourth-order valence-corrected chi connectivity index (χ4v) is 14.3. The second kappa shape index (κ2) is 40.9. The van der Waals surface area contributed by atoms with Crippen LogP contribution in [0.2, 0.25) is 64.6 Å². The van der Waals surface area contributed by atoms with Crippen molar-refractivity contribution < 1.29 is 36.7 Å². The van der Waals surface area contributed by atoms with E-state index < -0.39 is 42.2 Å². The highest BCUT2D eigenvalue weighted by Gasteiger charge is 2.40. The van der Waals surface area contributed by atoms with Gasteiger partial charge in [-0.1, -0.05) is 164 Å². The van der Waals surface area contributed by atoms with Crippen LogP contribution in [0.1, 0.15) is 104 Å². The Hall–Kier alpha value is -9.94. The molecule has 0 unspecified atom stereocenters. The van der Waals surface area contributed by atoms with Crippen LogP contribution in [0, 0.1) is 17.5 Å². The van der Waals surface area contributed by atoms with Gasteiger partial charge in [-0.05, 0) is 244 Å². The van der Waals surface area contributed by atoms with E-state index in [1.807, 2.05) is 138 Å². The number of anilines is 5. The first kappa shape index (κ1) is 94.5. The van der Waals surface area contributed by atoms with Gasteiger partial charge in [-0.2, -0.15) is 0 Å². The Morgan fingerprint density at radius 1 is 0.412 bits per heavy atom. The van der Waals surface area contributed by atoms with Crippen molar-refractivity contribution in [2.45, 2.75) is 163 Å². The average molecular weight is 1770 g/mol. The van der Waals surface area contributed by atoms with Crippen LogP contribution in [0.5, 0.6) is 0 Å². The van der Waals surface area contributed by atoms with Crippen LogP contribution >= 0.6 is 39.1 Å². The van der Waals surface area contributed by atoms with E-state index in [9.17, 15) is 18.3 Å². The zero-order valence-corrected chi connectivity index (χ0v) is 76.8. The van der Waals surface area contributed by atoms with E-state index >= 15 is 0 Å². The molecule has 6 aromatic carbocycles. The molecule has 7 aromatic heterocycles. The van der Waals surface area contributed by atoms with Gasteiger partial charge in [0.1, 0.15) is 63.0 Å². The monoisotopic (exact) mass is 1760 g/mol. The molecule has 0 aliphatic carbocycles. The number of aliphatic hydroxyl groups is 2. The third kappa shape index (κ3) is 26.8. The number of hydrogen-bond acceptors (Lipinski definition) is 16. The molecule has 626 valence electrons. The van der Waals surface area contributed by atoms with E-state index in [1.165, 1.54) is 30.0 Å². The predicted octanol–water partition coefficient (Wildman–Crippen LogP) is 24.4. The number of hydrogen-bond donors (Lipinski definition) is 7. The maximum atomic E-state index is 14.8. The molecule has 0 saturated carbocycles. The van der Waals surface area contributed by atoms with Crippen LogP contribution in [-0.2, 0) is 45.3 Å². The number of halogens is 6. The van der Waals surface area contributed by atoms with Gasteiger partial charge in [-0.15, -0.1) is 0 Å². The Kier molecular flexibility index (Phi) is 32.5. The average Bonchev–Trinajstić information content (AvgIpc) is 1.65. The van der Waals surface area contributed by atoms with Crippen molar-refractivity contribution in [1.29, 1.82) is 0 Å². The van der Waals surface area contributed by atoms with Crippen molar-refractivity contribution in [2.75, 3.05) is 28.7 Å². The number of nitrogens with two attached hydrogens (primary N) is 5. The second-order valence-corrected chi connectivity index (χ2v) is 49.8. The third-order valence-electron chi connectivity index (χ3n) is 21.3. The standard InChI is InChI=1S/C18H24F2N2OSi.C18H25FN2OSi.C18H26N2OSi.C14H16N2O.C13H7BrCl2N2.C12H12N2O/c1-18(2,3)24(4,5)23-11-14-15(19)8-7-13(17(14)20)12-6-9-16(21)22-10-12;1-18(2,3)23(4,5)22-12-15-14(7-6-8-16(15)19)13-9-10-17(20)21-11-13;1-18(2,3)22(4,5)21-13-14-7-6-8-15(11-14)16-9-10-17(19)20-12-16;1-14(2,17)12-5-3-4-10(8-12)11-6-7-13(15)16-9-11;14-9-3-6-11-17-12(13(16)18(11)7-9)8-1-4-10(15)5-2-8;13-12-5-4-11(7-14-12)10-3-1-2-9(6-10)8-15/h6-10H,11H2,1-5H3,(H2,21,22);6-11H,12H2,1-5H3,(H2,20,21);6-12H,13H2,1-5H3,(H2,19,20);3-9,17H,1-2H3,(H2,15,16);1-7H;1-7,15H,8H2,(H2,13,14). The summed E-state index contributed by atoms with van der Waals surface area (Å²) in [7, 11) is -5.77. The van der Waals surface area contributed by atoms with Crippen LogP contribution in [-0.4, -0.2) is 69.5 Å². The number of pyridine rings is 6. The molecule has 0 radical (unpaired) electrons. The van der Waals surface area contributed by atoms with Gasteiger partial charge < -0.3 is 52.2 Å². The van der Waals surface area contributed by atoms with E-state index in [0.29, 0.717) is 57.0 Å². The highest BCUT2D eigenvalue weighted by molar-refractivity contribution is 9.10. The molecule has 119 heavy (non-hydrogen) atoms. The summed E-state index contributed by atoms with van der Waals surface area (Å²) in [6, 6.07) is 61.0. The Balaban J connectivity index is 0.000000179. The van der Waals surface area contributed by atoms with E-state index in [-0.39, 0.29) is 51.9 Å². The maximum Gasteiger partial charge on any atom is 0.192 e. The SMILES string of the molecule is CC(C)(C)[Si](C)(C)OCc1c(F)ccc(-c2ccc(N)nc2)c1F.CC(C)(C)[Si](C)(C)OCc1c(F)cccc1-c1ccc(N)nc1.CC(C)(C)[Si](C)(C)OCc1cccc(-c2ccc(N)nc2)c1.CC(C)(O)c1cccc(-c2ccc(N)nc2)c1.Clc1ccc(-c2nc3ccc(Br)cn3c2Cl)cc1.Nc1ccc(-c2cccc(CO)c2)cn1. The molecule has 13 aromatic rings. The fourth-order valence-electron chi connectivity index (χ4n) is 10.8. The van der Waals surface area contributed by atoms with Gasteiger partial charge in [0.05, 0.1) is 32.0 Å². The van der Waals surface area contributed by atoms with Crippen molar-refractivity contribution >= 4 is 98.8 Å². The molecule has 17 nitrogen and oxygen atoms in total. The fraction of sp³-hybridized carbons (Fsp3) is 0.269. The molecule has 0 fully saturated rings. The van der Waals surface area contributed by atoms with Gasteiger partial charge in [0.2, 0.25) is 0 Å². The Labute approximate surface area is 720 Å². The van der Waals surface area contributed by atoms with Crippen molar-refractivity contribution in [2.24, 2.45) is 0 Å². The van der Waals surface area contributed by atoms with E-state index in [1.54, 1.807) is 68.8 Å². The molecule has 0 bridgehead atoms. The minimum atomic E-state index is -2.10. The van der Waals surface area contributed by atoms with Crippen molar-refractivity contribution in [3.63, 3.8) is 0 Å². The summed E-state index contributed by atoms with van der Waals surface area (Å²) in [4.78, 5) is 24.8. The number of aromatic nitrogens is 7. The summed E-state index contributed by atoms with van der Waals surface area (Å²) in [5, 5.41) is 20.6. The predicted molar refractivity (Wildman–Crippen MR) is 496 cm³/mol. The first-order chi connectivity index (χ1) is 55.7. The normalized spacial score (nSPS) is 11.8. The highest BCUT2D eigenvalue weighted by atomic mass is 79.9. The number of nitrogen functional groups attached to an aromatic ring is 5. The lowest BCUT2D eigenvalue weighted by atomic mass is 9.95. The minimum Gasteiger partial charge on any atom is -0.413 e. The first-order valence-corrected chi connectivity index (χ1v) is 49.0. The minimum absolute atomic E-state index is 0.0293. The molecule has 7 heterocycles. The van der Waals surface area contributed by atoms with Crippen LogP contribution in [0.25, 0.3) is 72.5 Å². The number of imidazole rings is 1. The van der Waals surface area contributed by atoms with Crippen molar-refractivity contribution in [3.05, 3.63) is 297 Å². The van der Waals surface area contributed by atoms with Crippen LogP contribution < -0.4 is 28.7 Å². The number of benzene rings is 6. The van der Waals surface area contributed by atoms with Gasteiger partial charge in [-0.25, -0.2) is 43.1 Å². The van der Waals surface area contributed by atoms with E-state index in [0.717, 1.165) is 77.0 Å². The summed E-state index contributed by atoms with van der Waals surface area (Å²) < 4.78 is 64.6. The molecule has 26 heteroatoms. The molecular formula is C93H110BrCl2F3N12O5Si3. The summed E-state index contributed by atoms with van der Waals surface area (Å²) in [5.41, 5.74) is 41.8. The number of aliphatic hydroxyl groups excluding tert-OH is 1. The second-order valence-electron chi connectivity index (χ2n) is 33.7. The first-order valence-electron chi connectivity index (χ1n) is 38.7. The molecule has 0 amide bonds. The number of rotatable bonds is 17. The van der Waals surface area contributed by atoms with Crippen molar-refractivity contribution in [1.82, 2.24) is 34.3 Å². The molecular weight excluding hydrogens is 1660 g/mol. The third-order valence-corrected chi connectivity index (χ3v) is 35.8. The summed E-state index contributed by atoms with van der Waals surface area (Å²) in [6.07, 6.45) is 10.3. The highest BCUT2D eigenvalue weighted by Crippen LogP contribution is 2.42. The Bertz CT molecular complexity index is 5480. The van der Waals surface area contributed by atoms with E-state index in [4.69, 9.17) is 70.3 Å². The zero-order valence-electron chi connectivity index (χ0n) is 70.7. The number of fused-ring (bicyclic) bond motifs is 1. The molecule has 0 spiro atoms. The summed E-state index contributed by atoms with van der Waals surface area (Å²) in [6.45, 7) is 37.0. The molecule has 0 aliphatic heterocycles. The lowest BCUT2D eigenvalue weighted by Gasteiger charge is -2.36. The van der Waals surface area contributed by atoms with Gasteiger partial charge in [0, 0.05) is 96.7 Å². The van der Waals surface area contributed by atoms with Crippen LogP contribution in [0.3, 0.4) is 0 Å². The Morgan fingerprint density at radius 2 is 0.798 bits per heavy atom. The van der Waals surface area contributed by atoms with Gasteiger partial charge in [0.15, 0.2) is 25.0 Å². The zero-order chi connectivity index (χ0) is 87.6. The quantitative estimate of drug-likeness (QED) is 0.0417. The van der Waals surface area contributed by atoms with Gasteiger partial charge >= 0.3 is 0 Å². The molecule has 0 atom stereocenters. The van der Waals surface area contributed by atoms with Crippen molar-refractivity contribution in [3.8, 4) is 66.9 Å². The maximum absolute atomic E-state index is 14.8. The van der Waals surface area contributed by atoms with E-state index in [2.05, 4.69) is 172 Å².